The lowest BCUT2D eigenvalue weighted by Crippen LogP contribution is -2.22. The summed E-state index contributed by atoms with van der Waals surface area (Å²) in [4.78, 5) is 13.6. The van der Waals surface area contributed by atoms with Gasteiger partial charge in [-0.25, -0.2) is 4.79 Å². The Morgan fingerprint density at radius 1 is 1.67 bits per heavy atom. The molecule has 0 fully saturated rings. The Bertz CT molecular complexity index is 390. The molecule has 78 valence electrons. The van der Waals surface area contributed by atoms with E-state index >= 15 is 0 Å². The van der Waals surface area contributed by atoms with E-state index < -0.39 is 0 Å². The Morgan fingerprint density at radius 3 is 3.13 bits per heavy atom. The third kappa shape index (κ3) is 1.50. The zero-order valence-electron chi connectivity index (χ0n) is 8.64. The predicted molar refractivity (Wildman–Crippen MR) is 57.8 cm³/mol. The molecule has 1 atom stereocenters. The van der Waals surface area contributed by atoms with Crippen LogP contribution in [0.15, 0.2) is 48.4 Å². The van der Waals surface area contributed by atoms with E-state index in [2.05, 4.69) is 6.58 Å². The molecule has 3 nitrogen and oxygen atoms in total. The number of esters is 1. The van der Waals surface area contributed by atoms with Crippen LogP contribution in [0.4, 0.5) is 0 Å². The molecule has 0 saturated carbocycles. The number of hydrogen-bond donors (Lipinski definition) is 0. The molecule has 15 heavy (non-hydrogen) atoms. The van der Waals surface area contributed by atoms with Crippen LogP contribution < -0.4 is 0 Å². The zero-order chi connectivity index (χ0) is 10.8. The first kappa shape index (κ1) is 9.77. The Morgan fingerprint density at radius 2 is 2.47 bits per heavy atom. The van der Waals surface area contributed by atoms with Crippen molar-refractivity contribution in [1.29, 1.82) is 0 Å². The lowest BCUT2D eigenvalue weighted by atomic mass is 10.1. The molecular formula is C12H13NO2. The van der Waals surface area contributed by atoms with Gasteiger partial charge in [0.15, 0.2) is 0 Å². The number of rotatable bonds is 2. The van der Waals surface area contributed by atoms with E-state index in [-0.39, 0.29) is 12.0 Å². The highest BCUT2D eigenvalue weighted by Gasteiger charge is 2.31. The molecule has 0 unspecified atom stereocenters. The van der Waals surface area contributed by atoms with Crippen molar-refractivity contribution in [3.05, 3.63) is 48.4 Å². The minimum Gasteiger partial charge on any atom is -0.466 e. The summed E-state index contributed by atoms with van der Waals surface area (Å²) in [7, 11) is 1.41. The summed E-state index contributed by atoms with van der Waals surface area (Å²) in [6.45, 7) is 3.77. The minimum absolute atomic E-state index is 0.162. The summed E-state index contributed by atoms with van der Waals surface area (Å²) in [5, 5.41) is 0. The van der Waals surface area contributed by atoms with Gasteiger partial charge < -0.3 is 9.64 Å². The number of carbonyl (C=O) groups excluding carboxylic acids is 1. The third-order valence-corrected chi connectivity index (χ3v) is 2.67. The largest absolute Gasteiger partial charge is 0.466 e. The SMILES string of the molecule is C=C[C@H]1CC(C(=O)OC)=C2C=CC=CN21. The first-order valence-electron chi connectivity index (χ1n) is 4.85. The second-order valence-corrected chi connectivity index (χ2v) is 3.47. The first-order chi connectivity index (χ1) is 7.27. The molecule has 2 aliphatic heterocycles. The molecule has 0 aliphatic carbocycles. The van der Waals surface area contributed by atoms with E-state index in [1.54, 1.807) is 0 Å². The topological polar surface area (TPSA) is 29.5 Å². The fourth-order valence-corrected chi connectivity index (χ4v) is 1.92. The van der Waals surface area contributed by atoms with Crippen molar-refractivity contribution in [1.82, 2.24) is 4.90 Å². The molecule has 0 aromatic rings. The number of allylic oxidation sites excluding steroid dienone is 3. The normalized spacial score (nSPS) is 23.0. The highest BCUT2D eigenvalue weighted by atomic mass is 16.5. The number of ether oxygens (including phenoxy) is 1. The second kappa shape index (κ2) is 3.77. The fraction of sp³-hybridized carbons (Fsp3) is 0.250. The van der Waals surface area contributed by atoms with Crippen molar-refractivity contribution in [3.8, 4) is 0 Å². The van der Waals surface area contributed by atoms with Crippen molar-refractivity contribution >= 4 is 5.97 Å². The minimum atomic E-state index is -0.251. The van der Waals surface area contributed by atoms with E-state index in [1.165, 1.54) is 7.11 Å². The van der Waals surface area contributed by atoms with Crippen molar-refractivity contribution in [2.24, 2.45) is 0 Å². The number of hydrogen-bond acceptors (Lipinski definition) is 3. The Labute approximate surface area is 89.0 Å². The molecule has 0 radical (unpaired) electrons. The Balaban J connectivity index is 2.38. The van der Waals surface area contributed by atoms with Crippen LogP contribution >= 0.6 is 0 Å². The lowest BCUT2D eigenvalue weighted by Gasteiger charge is -2.23. The predicted octanol–water partition coefficient (Wildman–Crippen LogP) is 1.76. The smallest absolute Gasteiger partial charge is 0.335 e. The van der Waals surface area contributed by atoms with E-state index in [4.69, 9.17) is 4.74 Å². The van der Waals surface area contributed by atoms with E-state index in [1.807, 2.05) is 35.4 Å². The van der Waals surface area contributed by atoms with Gasteiger partial charge in [0.1, 0.15) is 0 Å². The van der Waals surface area contributed by atoms with Crippen molar-refractivity contribution in [2.45, 2.75) is 12.5 Å². The molecule has 2 aliphatic rings. The van der Waals surface area contributed by atoms with Crippen LogP contribution in [0, 0.1) is 0 Å². The fourth-order valence-electron chi connectivity index (χ4n) is 1.92. The van der Waals surface area contributed by atoms with Gasteiger partial charge in [-0.05, 0) is 12.2 Å². The molecule has 0 saturated heterocycles. The summed E-state index contributed by atoms with van der Waals surface area (Å²) >= 11 is 0. The number of fused-ring (bicyclic) bond motifs is 1. The van der Waals surface area contributed by atoms with Gasteiger partial charge in [0, 0.05) is 12.6 Å². The summed E-state index contributed by atoms with van der Waals surface area (Å²) in [6, 6.07) is 0.162. The maximum absolute atomic E-state index is 11.5. The van der Waals surface area contributed by atoms with Gasteiger partial charge >= 0.3 is 5.97 Å². The van der Waals surface area contributed by atoms with Gasteiger partial charge in [0.05, 0.1) is 24.4 Å². The Hall–Kier alpha value is -1.77. The Kier molecular flexibility index (Phi) is 2.46. The molecule has 0 spiro atoms. The molecule has 0 N–H and O–H groups in total. The molecular weight excluding hydrogens is 190 g/mol. The van der Waals surface area contributed by atoms with Gasteiger partial charge in [0.25, 0.3) is 0 Å². The maximum Gasteiger partial charge on any atom is 0.335 e. The summed E-state index contributed by atoms with van der Waals surface area (Å²) < 4.78 is 4.76. The highest BCUT2D eigenvalue weighted by molar-refractivity contribution is 5.90. The van der Waals surface area contributed by atoms with Crippen molar-refractivity contribution in [3.63, 3.8) is 0 Å². The quantitative estimate of drug-likeness (QED) is 0.506. The van der Waals surface area contributed by atoms with Crippen LogP contribution in [0.2, 0.25) is 0 Å². The average Bonchev–Trinajstić information content (AvgIpc) is 2.67. The molecule has 0 aromatic carbocycles. The van der Waals surface area contributed by atoms with Crippen LogP contribution in [0.5, 0.6) is 0 Å². The van der Waals surface area contributed by atoms with Gasteiger partial charge in [-0.3, -0.25) is 0 Å². The van der Waals surface area contributed by atoms with Gasteiger partial charge in [0.2, 0.25) is 0 Å². The highest BCUT2D eigenvalue weighted by Crippen LogP contribution is 2.32. The van der Waals surface area contributed by atoms with Crippen molar-refractivity contribution in [2.75, 3.05) is 7.11 Å². The summed E-state index contributed by atoms with van der Waals surface area (Å²) in [5.74, 6) is -0.251. The third-order valence-electron chi connectivity index (χ3n) is 2.67. The summed E-state index contributed by atoms with van der Waals surface area (Å²) in [6.07, 6.45) is 10.3. The number of carbonyl (C=O) groups is 1. The number of methoxy groups -OCH3 is 1. The molecule has 0 amide bonds. The van der Waals surface area contributed by atoms with Crippen LogP contribution in [0.3, 0.4) is 0 Å². The molecule has 2 rings (SSSR count). The van der Waals surface area contributed by atoms with Gasteiger partial charge in [-0.2, -0.15) is 0 Å². The van der Waals surface area contributed by atoms with Crippen LogP contribution in [0.25, 0.3) is 0 Å². The van der Waals surface area contributed by atoms with E-state index in [0.717, 1.165) is 11.3 Å². The van der Waals surface area contributed by atoms with Crippen LogP contribution in [0.1, 0.15) is 6.42 Å². The molecule has 0 aromatic heterocycles. The van der Waals surface area contributed by atoms with Crippen LogP contribution in [-0.4, -0.2) is 24.0 Å². The van der Waals surface area contributed by atoms with E-state index in [9.17, 15) is 4.79 Å². The van der Waals surface area contributed by atoms with Gasteiger partial charge in [-0.1, -0.05) is 12.2 Å². The zero-order valence-corrected chi connectivity index (χ0v) is 8.64. The molecule has 3 heteroatoms. The van der Waals surface area contributed by atoms with E-state index in [0.29, 0.717) is 6.42 Å². The second-order valence-electron chi connectivity index (χ2n) is 3.47. The average molecular weight is 203 g/mol. The summed E-state index contributed by atoms with van der Waals surface area (Å²) in [5.41, 5.74) is 1.65. The van der Waals surface area contributed by atoms with Gasteiger partial charge in [-0.15, -0.1) is 6.58 Å². The molecule has 0 bridgehead atoms. The lowest BCUT2D eigenvalue weighted by molar-refractivity contribution is -0.136. The number of nitrogens with zero attached hydrogens (tertiary/aromatic N) is 1. The maximum atomic E-state index is 11.5. The molecule has 2 heterocycles. The first-order valence-corrected chi connectivity index (χ1v) is 4.85. The monoisotopic (exact) mass is 203 g/mol. The van der Waals surface area contributed by atoms with Crippen molar-refractivity contribution < 1.29 is 9.53 Å². The standard InChI is InChI=1S/C12H13NO2/c1-3-9-8-10(12(14)15-2)11-6-4-5-7-13(9)11/h3-7,9H,1,8H2,2H3/t9-/m0/s1. The van der Waals surface area contributed by atoms with Crippen LogP contribution in [-0.2, 0) is 9.53 Å².